The molecule has 0 radical (unpaired) electrons. The minimum Gasteiger partial charge on any atom is -0.386 e. The van der Waals surface area contributed by atoms with Gasteiger partial charge in [0.25, 0.3) is 15.6 Å². The third kappa shape index (κ3) is 4.73. The maximum atomic E-state index is 14.2. The number of anilines is 2. The van der Waals surface area contributed by atoms with Gasteiger partial charge in [-0.15, -0.1) is 11.3 Å². The van der Waals surface area contributed by atoms with Crippen LogP contribution < -0.4 is 20.9 Å². The number of sulfonamides is 1. The van der Waals surface area contributed by atoms with Crippen molar-refractivity contribution in [3.05, 3.63) is 80.3 Å². The molecule has 2 aromatic heterocycles. The highest BCUT2D eigenvalue weighted by atomic mass is 35.5. The van der Waals surface area contributed by atoms with Crippen LogP contribution in [0.25, 0.3) is 16.5 Å². The molecule has 2 aromatic carbocycles. The molecule has 0 spiro atoms. The summed E-state index contributed by atoms with van der Waals surface area (Å²) in [6.07, 6.45) is 1.52. The number of pyridine rings is 1. The van der Waals surface area contributed by atoms with Gasteiger partial charge in [0.05, 0.1) is 31.8 Å². The maximum Gasteiger partial charge on any atom is 0.333 e. The number of carbonyl (C=O) groups excluding carboxylic acids is 1. The van der Waals surface area contributed by atoms with Crippen LogP contribution in [0.4, 0.5) is 20.6 Å². The molecule has 0 atom stereocenters. The Morgan fingerprint density at radius 2 is 1.82 bits per heavy atom. The number of aromatic nitrogens is 1. The molecule has 3 N–H and O–H groups in total. The maximum absolute atomic E-state index is 14.2. The molecule has 0 aliphatic carbocycles. The van der Waals surface area contributed by atoms with Crippen LogP contribution in [-0.2, 0) is 10.0 Å². The first-order chi connectivity index (χ1) is 16.1. The summed E-state index contributed by atoms with van der Waals surface area (Å²) >= 11 is 12.8. The number of thiophene rings is 1. The molecule has 0 aliphatic rings. The topological polar surface area (TPSA) is 109 Å². The Morgan fingerprint density at radius 3 is 2.47 bits per heavy atom. The lowest BCUT2D eigenvalue weighted by atomic mass is 10.1. The van der Waals surface area contributed by atoms with Crippen LogP contribution in [-0.4, -0.2) is 26.1 Å². The third-order valence-corrected chi connectivity index (χ3v) is 8.15. The lowest BCUT2D eigenvalue weighted by Crippen LogP contribution is -2.34. The molecule has 2 heterocycles. The van der Waals surface area contributed by atoms with E-state index in [0.29, 0.717) is 11.1 Å². The van der Waals surface area contributed by atoms with E-state index in [0.717, 1.165) is 17.4 Å². The molecular formula is C21H15Cl2FN4O4S2. The molecule has 4 rings (SSSR count). The SMILES string of the molecule is CNc1cc2ccn(-c3ccc(NC(=O)NS(=O)(=O)c4ccc(Cl)s4)c(Cl)c3)c(=O)c2cc1F. The molecule has 0 saturated heterocycles. The number of fused-ring (bicyclic) bond motifs is 1. The average Bonchev–Trinajstić information content (AvgIpc) is 3.22. The van der Waals surface area contributed by atoms with E-state index in [2.05, 4.69) is 10.6 Å². The lowest BCUT2D eigenvalue weighted by Gasteiger charge is -2.12. The Morgan fingerprint density at radius 1 is 1.06 bits per heavy atom. The number of nitrogens with zero attached hydrogens (tertiary/aromatic N) is 1. The van der Waals surface area contributed by atoms with Gasteiger partial charge in [-0.05, 0) is 53.9 Å². The van der Waals surface area contributed by atoms with Gasteiger partial charge >= 0.3 is 6.03 Å². The van der Waals surface area contributed by atoms with Gasteiger partial charge in [-0.3, -0.25) is 9.36 Å². The molecule has 2 amide bonds. The van der Waals surface area contributed by atoms with Gasteiger partial charge in [-0.1, -0.05) is 23.2 Å². The molecule has 13 heteroatoms. The number of hydrogen-bond donors (Lipinski definition) is 3. The first-order valence-electron chi connectivity index (χ1n) is 9.51. The molecule has 8 nitrogen and oxygen atoms in total. The second-order valence-corrected chi connectivity index (χ2v) is 11.0. The number of urea groups is 1. The molecule has 0 aliphatic heterocycles. The predicted octanol–water partition coefficient (Wildman–Crippen LogP) is 5.05. The van der Waals surface area contributed by atoms with Crippen molar-refractivity contribution < 1.29 is 17.6 Å². The highest BCUT2D eigenvalue weighted by Gasteiger charge is 2.20. The van der Waals surface area contributed by atoms with Gasteiger partial charge in [0.1, 0.15) is 10.0 Å². The van der Waals surface area contributed by atoms with Crippen LogP contribution in [0.2, 0.25) is 9.36 Å². The minimum absolute atomic E-state index is 0.0490. The first-order valence-corrected chi connectivity index (χ1v) is 12.6. The van der Waals surface area contributed by atoms with E-state index in [1.807, 2.05) is 4.72 Å². The van der Waals surface area contributed by atoms with E-state index in [9.17, 15) is 22.4 Å². The van der Waals surface area contributed by atoms with E-state index in [1.165, 1.54) is 47.2 Å². The Hall–Kier alpha value is -3.12. The average molecular weight is 541 g/mol. The van der Waals surface area contributed by atoms with Crippen molar-refractivity contribution in [2.75, 3.05) is 17.7 Å². The zero-order valence-electron chi connectivity index (χ0n) is 17.2. The standard InChI is InChI=1S/C21H15Cl2FN4O4S2/c1-25-17-8-11-6-7-28(20(29)13(11)10-15(17)24)12-2-3-16(14(22)9-12)26-21(30)27-34(31,32)19-5-4-18(23)33-19/h2-10,25H,1H3,(H2,26,27,30). The molecular weight excluding hydrogens is 526 g/mol. The third-order valence-electron chi connectivity index (χ3n) is 4.78. The van der Waals surface area contributed by atoms with Gasteiger partial charge in [0.2, 0.25) is 0 Å². The fourth-order valence-electron chi connectivity index (χ4n) is 3.18. The second kappa shape index (κ2) is 9.26. The van der Waals surface area contributed by atoms with Gasteiger partial charge in [-0.25, -0.2) is 22.3 Å². The van der Waals surface area contributed by atoms with Crippen LogP contribution >= 0.6 is 34.5 Å². The molecule has 34 heavy (non-hydrogen) atoms. The van der Waals surface area contributed by atoms with Crippen LogP contribution in [0, 0.1) is 5.82 Å². The molecule has 0 saturated carbocycles. The predicted molar refractivity (Wildman–Crippen MR) is 133 cm³/mol. The fraction of sp³-hybridized carbons (Fsp3) is 0.0476. The fourth-order valence-corrected chi connectivity index (χ4v) is 5.79. The van der Waals surface area contributed by atoms with Gasteiger partial charge < -0.3 is 10.6 Å². The van der Waals surface area contributed by atoms with E-state index >= 15 is 0 Å². The number of halogens is 3. The summed E-state index contributed by atoms with van der Waals surface area (Å²) in [7, 11) is -2.53. The summed E-state index contributed by atoms with van der Waals surface area (Å²) < 4.78 is 42.0. The number of benzene rings is 2. The van der Waals surface area contributed by atoms with Crippen molar-refractivity contribution in [3.8, 4) is 5.69 Å². The first kappa shape index (κ1) is 24.0. The van der Waals surface area contributed by atoms with Crippen molar-refractivity contribution in [2.45, 2.75) is 4.21 Å². The number of hydrogen-bond acceptors (Lipinski definition) is 6. The molecule has 0 unspecified atom stereocenters. The Kier molecular flexibility index (Phi) is 6.54. The second-order valence-electron chi connectivity index (χ2n) is 6.94. The van der Waals surface area contributed by atoms with Crippen molar-refractivity contribution in [3.63, 3.8) is 0 Å². The smallest absolute Gasteiger partial charge is 0.333 e. The summed E-state index contributed by atoms with van der Waals surface area (Å²) in [5, 5.41) is 5.86. The highest BCUT2D eigenvalue weighted by Crippen LogP contribution is 2.27. The van der Waals surface area contributed by atoms with E-state index < -0.39 is 27.4 Å². The molecule has 0 fully saturated rings. The van der Waals surface area contributed by atoms with Gasteiger partial charge in [0, 0.05) is 13.2 Å². The largest absolute Gasteiger partial charge is 0.386 e. The van der Waals surface area contributed by atoms with Crippen LogP contribution in [0.5, 0.6) is 0 Å². The highest BCUT2D eigenvalue weighted by molar-refractivity contribution is 7.92. The van der Waals surface area contributed by atoms with Crippen molar-refractivity contribution in [1.82, 2.24) is 9.29 Å². The summed E-state index contributed by atoms with van der Waals surface area (Å²) in [6, 6.07) is 10.3. The van der Waals surface area contributed by atoms with Crippen molar-refractivity contribution >= 4 is 72.7 Å². The van der Waals surface area contributed by atoms with Crippen LogP contribution in [0.15, 0.2) is 63.7 Å². The summed E-state index contributed by atoms with van der Waals surface area (Å²) in [5.41, 5.74) is 0.280. The van der Waals surface area contributed by atoms with Crippen LogP contribution in [0.1, 0.15) is 0 Å². The zero-order valence-corrected chi connectivity index (χ0v) is 20.4. The quantitative estimate of drug-likeness (QED) is 0.328. The normalized spacial score (nSPS) is 11.4. The molecule has 176 valence electrons. The van der Waals surface area contributed by atoms with Crippen LogP contribution in [0.3, 0.4) is 0 Å². The molecule has 0 bridgehead atoms. The number of amides is 2. The van der Waals surface area contributed by atoms with Gasteiger partial charge in [-0.2, -0.15) is 0 Å². The lowest BCUT2D eigenvalue weighted by molar-refractivity contribution is 0.256. The number of carbonyl (C=O) groups is 1. The van der Waals surface area contributed by atoms with Gasteiger partial charge in [0.15, 0.2) is 0 Å². The summed E-state index contributed by atoms with van der Waals surface area (Å²) in [5.74, 6) is -0.562. The van der Waals surface area contributed by atoms with Crippen molar-refractivity contribution in [2.24, 2.45) is 0 Å². The number of nitrogens with one attached hydrogen (secondary N) is 3. The minimum atomic E-state index is -4.11. The van der Waals surface area contributed by atoms with Crippen molar-refractivity contribution in [1.29, 1.82) is 0 Å². The molecule has 4 aromatic rings. The summed E-state index contributed by atoms with van der Waals surface area (Å²) in [4.78, 5) is 25.1. The Labute approximate surface area is 207 Å². The zero-order chi connectivity index (χ0) is 24.6. The Bertz CT molecular complexity index is 1600. The van der Waals surface area contributed by atoms with E-state index in [1.54, 1.807) is 13.1 Å². The number of rotatable bonds is 5. The monoisotopic (exact) mass is 540 g/mol. The Balaban J connectivity index is 1.59. The summed E-state index contributed by atoms with van der Waals surface area (Å²) in [6.45, 7) is 0. The van der Waals surface area contributed by atoms with E-state index in [4.69, 9.17) is 23.2 Å². The van der Waals surface area contributed by atoms with E-state index in [-0.39, 0.29) is 30.3 Å².